The Balaban J connectivity index is 1.37. The van der Waals surface area contributed by atoms with Gasteiger partial charge in [-0.1, -0.05) is 6.07 Å². The molecular weight excluding hydrogens is 418 g/mol. The van der Waals surface area contributed by atoms with E-state index in [1.54, 1.807) is 6.07 Å². The van der Waals surface area contributed by atoms with Crippen LogP contribution in [0.5, 0.6) is 11.5 Å². The highest BCUT2D eigenvalue weighted by atomic mass is 32.2. The Morgan fingerprint density at radius 1 is 0.903 bits per heavy atom. The van der Waals surface area contributed by atoms with Gasteiger partial charge >= 0.3 is 0 Å². The van der Waals surface area contributed by atoms with Crippen molar-refractivity contribution in [2.75, 3.05) is 51.0 Å². The molecule has 3 aliphatic rings. The van der Waals surface area contributed by atoms with E-state index in [0.717, 1.165) is 48.7 Å². The summed E-state index contributed by atoms with van der Waals surface area (Å²) >= 11 is 0. The highest BCUT2D eigenvalue weighted by molar-refractivity contribution is 7.89. The molecule has 0 radical (unpaired) electrons. The number of nitrogens with zero attached hydrogens (tertiary/aromatic N) is 3. The summed E-state index contributed by atoms with van der Waals surface area (Å²) in [5.41, 5.74) is 1.16. The largest absolute Gasteiger partial charge is 0.490 e. The van der Waals surface area contributed by atoms with Crippen LogP contribution in [0.4, 0.5) is 5.82 Å². The molecule has 0 unspecified atom stereocenters. The zero-order chi connectivity index (χ0) is 21.3. The molecule has 0 N–H and O–H groups in total. The molecule has 8 nitrogen and oxygen atoms in total. The fourth-order valence-corrected chi connectivity index (χ4v) is 5.76. The molecule has 3 aliphatic heterocycles. The molecule has 0 spiro atoms. The number of hydrogen-bond acceptors (Lipinski definition) is 7. The first kappa shape index (κ1) is 20.5. The van der Waals surface area contributed by atoms with Crippen LogP contribution < -0.4 is 14.4 Å². The van der Waals surface area contributed by atoms with Crippen molar-refractivity contribution < 1.29 is 22.6 Å². The van der Waals surface area contributed by atoms with Crippen LogP contribution in [0.3, 0.4) is 0 Å². The van der Waals surface area contributed by atoms with Gasteiger partial charge in [0.2, 0.25) is 10.0 Å². The quantitative estimate of drug-likeness (QED) is 0.716. The second kappa shape index (κ2) is 8.64. The summed E-state index contributed by atoms with van der Waals surface area (Å²) in [6.07, 6.45) is 4.41. The second-order valence-corrected chi connectivity index (χ2v) is 9.91. The molecule has 31 heavy (non-hydrogen) atoms. The first-order valence-corrected chi connectivity index (χ1v) is 12.3. The van der Waals surface area contributed by atoms with Crippen LogP contribution in [0.25, 0.3) is 0 Å². The molecule has 166 valence electrons. The highest BCUT2D eigenvalue weighted by Gasteiger charge is 2.30. The molecule has 0 aliphatic carbocycles. The van der Waals surface area contributed by atoms with Crippen molar-refractivity contribution in [3.8, 4) is 11.5 Å². The Morgan fingerprint density at radius 3 is 2.48 bits per heavy atom. The van der Waals surface area contributed by atoms with Gasteiger partial charge in [0.1, 0.15) is 10.7 Å². The van der Waals surface area contributed by atoms with E-state index in [1.165, 1.54) is 10.5 Å². The molecule has 0 saturated carbocycles. The van der Waals surface area contributed by atoms with Crippen LogP contribution >= 0.6 is 0 Å². The van der Waals surface area contributed by atoms with E-state index in [1.807, 2.05) is 12.1 Å². The zero-order valence-corrected chi connectivity index (χ0v) is 18.2. The van der Waals surface area contributed by atoms with Gasteiger partial charge in [-0.05, 0) is 42.7 Å². The van der Waals surface area contributed by atoms with Gasteiger partial charge in [0.25, 0.3) is 0 Å². The topological polar surface area (TPSA) is 81.2 Å². The van der Waals surface area contributed by atoms with E-state index >= 15 is 0 Å². The minimum Gasteiger partial charge on any atom is -0.490 e. The standard InChI is InChI=1S/C22H27N3O5S/c26-31(27,24-9-13-28-14-10-24)18-5-7-22(23-16-18)25-8-1-3-19(25)17-4-6-20-21(15-17)30-12-2-11-29-20/h4-7,15-16,19H,1-3,8-14H2/t19-/m1/s1. The number of sulfonamides is 1. The van der Waals surface area contributed by atoms with Gasteiger partial charge in [-0.25, -0.2) is 13.4 Å². The third kappa shape index (κ3) is 4.09. The lowest BCUT2D eigenvalue weighted by Gasteiger charge is -2.28. The van der Waals surface area contributed by atoms with E-state index in [-0.39, 0.29) is 10.9 Å². The van der Waals surface area contributed by atoms with Crippen LogP contribution in [-0.4, -0.2) is 63.8 Å². The fraction of sp³-hybridized carbons (Fsp3) is 0.500. The summed E-state index contributed by atoms with van der Waals surface area (Å²) in [6, 6.07) is 9.80. The lowest BCUT2D eigenvalue weighted by Crippen LogP contribution is -2.40. The Hall–Kier alpha value is -2.36. The van der Waals surface area contributed by atoms with Gasteiger partial charge < -0.3 is 19.1 Å². The summed E-state index contributed by atoms with van der Waals surface area (Å²) in [5, 5.41) is 0. The lowest BCUT2D eigenvalue weighted by molar-refractivity contribution is 0.0730. The molecular formula is C22H27N3O5S. The number of fused-ring (bicyclic) bond motifs is 1. The zero-order valence-electron chi connectivity index (χ0n) is 17.4. The normalized spacial score (nSPS) is 22.3. The van der Waals surface area contributed by atoms with Crippen molar-refractivity contribution in [3.05, 3.63) is 42.1 Å². The van der Waals surface area contributed by atoms with Gasteiger partial charge in [0.15, 0.2) is 11.5 Å². The van der Waals surface area contributed by atoms with Gasteiger partial charge in [-0.15, -0.1) is 0 Å². The molecule has 5 rings (SSSR count). The maximum absolute atomic E-state index is 12.9. The molecule has 1 atom stereocenters. The molecule has 2 saturated heterocycles. The number of pyridine rings is 1. The molecule has 9 heteroatoms. The number of anilines is 1. The predicted octanol–water partition coefficient (Wildman–Crippen LogP) is 2.61. The van der Waals surface area contributed by atoms with Crippen molar-refractivity contribution in [2.45, 2.75) is 30.2 Å². The van der Waals surface area contributed by atoms with Crippen molar-refractivity contribution in [3.63, 3.8) is 0 Å². The SMILES string of the molecule is O=S(=O)(c1ccc(N2CCC[C@@H]2c2ccc3c(c2)OCCCO3)nc1)N1CCOCC1. The smallest absolute Gasteiger partial charge is 0.244 e. The van der Waals surface area contributed by atoms with E-state index in [0.29, 0.717) is 39.5 Å². The number of rotatable bonds is 4. The first-order valence-electron chi connectivity index (χ1n) is 10.8. The molecule has 2 fully saturated rings. The number of ether oxygens (including phenoxy) is 3. The van der Waals surface area contributed by atoms with Crippen LogP contribution in [0, 0.1) is 0 Å². The number of aromatic nitrogens is 1. The Morgan fingerprint density at radius 2 is 1.71 bits per heavy atom. The number of benzene rings is 1. The molecule has 2 aromatic rings. The lowest BCUT2D eigenvalue weighted by atomic mass is 10.0. The summed E-state index contributed by atoms with van der Waals surface area (Å²) in [7, 11) is -3.54. The average molecular weight is 446 g/mol. The van der Waals surface area contributed by atoms with Crippen LogP contribution in [0.1, 0.15) is 30.9 Å². The van der Waals surface area contributed by atoms with Crippen LogP contribution in [0.15, 0.2) is 41.4 Å². The Bertz CT molecular complexity index is 1020. The van der Waals surface area contributed by atoms with E-state index in [2.05, 4.69) is 22.0 Å². The van der Waals surface area contributed by atoms with Crippen molar-refractivity contribution >= 4 is 15.8 Å². The maximum Gasteiger partial charge on any atom is 0.244 e. The summed E-state index contributed by atoms with van der Waals surface area (Å²) in [4.78, 5) is 7.00. The second-order valence-electron chi connectivity index (χ2n) is 7.98. The minimum atomic E-state index is -3.54. The molecule has 0 bridgehead atoms. The molecule has 0 amide bonds. The van der Waals surface area contributed by atoms with Gasteiger partial charge in [0.05, 0.1) is 32.5 Å². The predicted molar refractivity (Wildman–Crippen MR) is 115 cm³/mol. The molecule has 1 aromatic heterocycles. The maximum atomic E-state index is 12.9. The summed E-state index contributed by atoms with van der Waals surface area (Å²) in [5.74, 6) is 2.37. The van der Waals surface area contributed by atoms with Crippen molar-refractivity contribution in [2.24, 2.45) is 0 Å². The number of morpholine rings is 1. The molecule has 4 heterocycles. The Kier molecular flexibility index (Phi) is 5.73. The van der Waals surface area contributed by atoms with E-state index in [9.17, 15) is 8.42 Å². The Labute approximate surface area is 182 Å². The highest BCUT2D eigenvalue weighted by Crippen LogP contribution is 2.39. The van der Waals surface area contributed by atoms with Crippen molar-refractivity contribution in [1.29, 1.82) is 0 Å². The monoisotopic (exact) mass is 445 g/mol. The van der Waals surface area contributed by atoms with Crippen molar-refractivity contribution in [1.82, 2.24) is 9.29 Å². The van der Waals surface area contributed by atoms with Gasteiger partial charge in [-0.3, -0.25) is 0 Å². The van der Waals surface area contributed by atoms with Crippen LogP contribution in [-0.2, 0) is 14.8 Å². The third-order valence-corrected chi connectivity index (χ3v) is 7.91. The van der Waals surface area contributed by atoms with E-state index in [4.69, 9.17) is 14.2 Å². The van der Waals surface area contributed by atoms with Gasteiger partial charge in [0, 0.05) is 32.3 Å². The third-order valence-electron chi connectivity index (χ3n) is 6.03. The summed E-state index contributed by atoms with van der Waals surface area (Å²) in [6.45, 7) is 3.81. The average Bonchev–Trinajstić information content (AvgIpc) is 3.18. The fourth-order valence-electron chi connectivity index (χ4n) is 4.41. The van der Waals surface area contributed by atoms with Gasteiger partial charge in [-0.2, -0.15) is 4.31 Å². The first-order chi connectivity index (χ1) is 15.1. The summed E-state index contributed by atoms with van der Waals surface area (Å²) < 4.78 is 44.1. The minimum absolute atomic E-state index is 0.173. The van der Waals surface area contributed by atoms with Crippen LogP contribution in [0.2, 0.25) is 0 Å². The molecule has 1 aromatic carbocycles. The van der Waals surface area contributed by atoms with E-state index < -0.39 is 10.0 Å². The number of hydrogen-bond donors (Lipinski definition) is 0.